The van der Waals surface area contributed by atoms with Gasteiger partial charge in [-0.15, -0.1) is 0 Å². The van der Waals surface area contributed by atoms with Gasteiger partial charge in [0, 0.05) is 12.2 Å². The summed E-state index contributed by atoms with van der Waals surface area (Å²) in [4.78, 5) is 4.41. The average Bonchev–Trinajstić information content (AvgIpc) is 2.88. The molecule has 1 rings (SSSR count). The van der Waals surface area contributed by atoms with Crippen molar-refractivity contribution in [3.05, 3.63) is 5.82 Å². The van der Waals surface area contributed by atoms with Gasteiger partial charge in [-0.1, -0.05) is 25.6 Å². The average molecular weight is 284 g/mol. The van der Waals surface area contributed by atoms with Crippen molar-refractivity contribution < 1.29 is 0 Å². The third-order valence-electron chi connectivity index (χ3n) is 3.04. The van der Waals surface area contributed by atoms with Crippen LogP contribution in [-0.4, -0.2) is 27.7 Å². The Bertz CT molecular complexity index is 393. The van der Waals surface area contributed by atoms with Gasteiger partial charge in [-0.05, 0) is 37.8 Å². The minimum atomic E-state index is -0.365. The Morgan fingerprint density at radius 3 is 2.78 bits per heavy atom. The highest BCUT2D eigenvalue weighted by atomic mass is 32.2. The summed E-state index contributed by atoms with van der Waals surface area (Å²) in [6, 6.07) is 2.38. The van der Waals surface area contributed by atoms with E-state index in [-0.39, 0.29) is 5.54 Å². The van der Waals surface area contributed by atoms with Crippen molar-refractivity contribution in [1.82, 2.24) is 14.7 Å². The Morgan fingerprint density at radius 1 is 1.50 bits per heavy atom. The quantitative estimate of drug-likeness (QED) is 0.587. The summed E-state index contributed by atoms with van der Waals surface area (Å²) in [7, 11) is 1.86. The highest BCUT2D eigenvalue weighted by Crippen LogP contribution is 2.24. The largest absolute Gasteiger partial charge is 0.302 e. The van der Waals surface area contributed by atoms with Gasteiger partial charge < -0.3 is 5.32 Å². The smallest absolute Gasteiger partial charge is 0.170 e. The number of nitriles is 1. The van der Waals surface area contributed by atoms with Gasteiger partial charge in [-0.25, -0.2) is 4.98 Å². The van der Waals surface area contributed by atoms with Crippen molar-refractivity contribution in [1.29, 1.82) is 5.26 Å². The standard InChI is InChI=1S/C12H20N4S2/c1-4-10-15-11(18-16-10)17-8-6-7-12(5-2,9-13)14-3/h14H,4-8H2,1-3H3. The molecule has 0 radical (unpaired) electrons. The molecule has 4 nitrogen and oxygen atoms in total. The molecule has 1 atom stereocenters. The maximum Gasteiger partial charge on any atom is 0.170 e. The summed E-state index contributed by atoms with van der Waals surface area (Å²) in [6.07, 6.45) is 3.62. The molecule has 100 valence electrons. The van der Waals surface area contributed by atoms with Gasteiger partial charge >= 0.3 is 0 Å². The molecule has 0 aliphatic heterocycles. The second-order valence-corrected chi connectivity index (χ2v) is 6.17. The fourth-order valence-electron chi connectivity index (χ4n) is 1.64. The minimum Gasteiger partial charge on any atom is -0.302 e. The van der Waals surface area contributed by atoms with Crippen molar-refractivity contribution in [2.45, 2.75) is 49.4 Å². The Labute approximate surface area is 117 Å². The maximum atomic E-state index is 9.19. The van der Waals surface area contributed by atoms with Crippen LogP contribution in [0.15, 0.2) is 4.34 Å². The van der Waals surface area contributed by atoms with Crippen LogP contribution in [0.5, 0.6) is 0 Å². The predicted octanol–water partition coefficient (Wildman–Crippen LogP) is 2.86. The zero-order valence-electron chi connectivity index (χ0n) is 11.2. The first-order valence-electron chi connectivity index (χ1n) is 6.25. The highest BCUT2D eigenvalue weighted by molar-refractivity contribution is 8.00. The minimum absolute atomic E-state index is 0.365. The van der Waals surface area contributed by atoms with E-state index >= 15 is 0 Å². The number of aryl methyl sites for hydroxylation is 1. The molecule has 0 saturated carbocycles. The fraction of sp³-hybridized carbons (Fsp3) is 0.750. The predicted molar refractivity (Wildman–Crippen MR) is 76.9 cm³/mol. The summed E-state index contributed by atoms with van der Waals surface area (Å²) >= 11 is 3.21. The molecule has 0 amide bonds. The molecule has 1 unspecified atom stereocenters. The van der Waals surface area contributed by atoms with Crippen molar-refractivity contribution in [2.75, 3.05) is 12.8 Å². The first-order chi connectivity index (χ1) is 8.69. The van der Waals surface area contributed by atoms with E-state index in [4.69, 9.17) is 0 Å². The Hall–Kier alpha value is -0.640. The van der Waals surface area contributed by atoms with E-state index in [1.807, 2.05) is 14.0 Å². The van der Waals surface area contributed by atoms with Crippen LogP contribution in [0.3, 0.4) is 0 Å². The summed E-state index contributed by atoms with van der Waals surface area (Å²) in [5, 5.41) is 12.3. The number of aromatic nitrogens is 2. The number of thioether (sulfide) groups is 1. The van der Waals surface area contributed by atoms with E-state index in [2.05, 4.69) is 27.7 Å². The van der Waals surface area contributed by atoms with Crippen molar-refractivity contribution >= 4 is 23.3 Å². The molecule has 0 aromatic carbocycles. The van der Waals surface area contributed by atoms with E-state index < -0.39 is 0 Å². The third kappa shape index (κ3) is 4.23. The SMILES string of the molecule is CCc1nsc(SCCCC(C#N)(CC)NC)n1. The summed E-state index contributed by atoms with van der Waals surface area (Å²) in [6.45, 7) is 4.11. The van der Waals surface area contributed by atoms with Crippen molar-refractivity contribution in [3.8, 4) is 6.07 Å². The van der Waals surface area contributed by atoms with Crippen LogP contribution in [0.4, 0.5) is 0 Å². The van der Waals surface area contributed by atoms with E-state index in [1.165, 1.54) is 11.5 Å². The van der Waals surface area contributed by atoms with Crippen molar-refractivity contribution in [2.24, 2.45) is 0 Å². The van der Waals surface area contributed by atoms with Crippen LogP contribution >= 0.6 is 23.3 Å². The molecule has 0 aliphatic carbocycles. The van der Waals surface area contributed by atoms with Gasteiger partial charge in [0.15, 0.2) is 4.34 Å². The van der Waals surface area contributed by atoms with Crippen LogP contribution in [0.2, 0.25) is 0 Å². The first-order valence-corrected chi connectivity index (χ1v) is 8.01. The van der Waals surface area contributed by atoms with E-state index in [0.29, 0.717) is 0 Å². The highest BCUT2D eigenvalue weighted by Gasteiger charge is 2.24. The van der Waals surface area contributed by atoms with E-state index in [1.54, 1.807) is 11.8 Å². The molecular weight excluding hydrogens is 264 g/mol. The summed E-state index contributed by atoms with van der Waals surface area (Å²) in [5.41, 5.74) is -0.365. The Balaban J connectivity index is 2.32. The lowest BCUT2D eigenvalue weighted by Crippen LogP contribution is -2.40. The van der Waals surface area contributed by atoms with Crippen LogP contribution in [-0.2, 0) is 6.42 Å². The topological polar surface area (TPSA) is 61.6 Å². The molecule has 0 fully saturated rings. The summed E-state index contributed by atoms with van der Waals surface area (Å²) < 4.78 is 5.29. The molecule has 1 aromatic heterocycles. The van der Waals surface area contributed by atoms with Gasteiger partial charge in [-0.2, -0.15) is 9.64 Å². The third-order valence-corrected chi connectivity index (χ3v) is 4.99. The van der Waals surface area contributed by atoms with E-state index in [0.717, 1.165) is 41.6 Å². The first kappa shape index (κ1) is 15.4. The van der Waals surface area contributed by atoms with Gasteiger partial charge in [0.1, 0.15) is 11.4 Å². The fourth-order valence-corrected chi connectivity index (χ4v) is 3.35. The number of rotatable bonds is 8. The molecule has 0 spiro atoms. The molecule has 1 heterocycles. The Morgan fingerprint density at radius 2 is 2.28 bits per heavy atom. The molecule has 0 bridgehead atoms. The lowest BCUT2D eigenvalue weighted by molar-refractivity contribution is 0.400. The van der Waals surface area contributed by atoms with Crippen LogP contribution in [0.25, 0.3) is 0 Å². The second kappa shape index (κ2) is 7.72. The number of nitrogens with zero attached hydrogens (tertiary/aromatic N) is 3. The summed E-state index contributed by atoms with van der Waals surface area (Å²) in [5.74, 6) is 1.92. The van der Waals surface area contributed by atoms with Crippen LogP contribution in [0.1, 0.15) is 38.9 Å². The van der Waals surface area contributed by atoms with Crippen molar-refractivity contribution in [3.63, 3.8) is 0 Å². The normalized spacial score (nSPS) is 14.1. The molecule has 6 heteroatoms. The lowest BCUT2D eigenvalue weighted by Gasteiger charge is -2.24. The van der Waals surface area contributed by atoms with E-state index in [9.17, 15) is 5.26 Å². The lowest BCUT2D eigenvalue weighted by atomic mass is 9.93. The van der Waals surface area contributed by atoms with Crippen LogP contribution < -0.4 is 5.32 Å². The molecule has 0 saturated heterocycles. The molecule has 1 aromatic rings. The number of hydrogen-bond acceptors (Lipinski definition) is 6. The monoisotopic (exact) mass is 284 g/mol. The number of hydrogen-bond donors (Lipinski definition) is 1. The van der Waals surface area contributed by atoms with Gasteiger partial charge in [0.25, 0.3) is 0 Å². The second-order valence-electron chi connectivity index (χ2n) is 4.08. The van der Waals surface area contributed by atoms with Gasteiger partial charge in [0.2, 0.25) is 0 Å². The zero-order valence-corrected chi connectivity index (χ0v) is 12.8. The van der Waals surface area contributed by atoms with Gasteiger partial charge in [-0.3, -0.25) is 0 Å². The van der Waals surface area contributed by atoms with Gasteiger partial charge in [0.05, 0.1) is 6.07 Å². The molecule has 0 aliphatic rings. The maximum absolute atomic E-state index is 9.19. The zero-order chi connectivity index (χ0) is 13.4. The van der Waals surface area contributed by atoms with Crippen LogP contribution in [0, 0.1) is 11.3 Å². The molecular formula is C12H20N4S2. The molecule has 1 N–H and O–H groups in total. The number of nitrogens with one attached hydrogen (secondary N) is 1. The molecule has 18 heavy (non-hydrogen) atoms. The Kier molecular flexibility index (Phi) is 6.61.